The number of carbonyl (C=O) groups excluding carboxylic acids is 3. The summed E-state index contributed by atoms with van der Waals surface area (Å²) in [5.41, 5.74) is 2.33. The summed E-state index contributed by atoms with van der Waals surface area (Å²) in [5, 5.41) is 3.35. The van der Waals surface area contributed by atoms with E-state index in [4.69, 9.17) is 9.47 Å². The first kappa shape index (κ1) is 31.2. The van der Waals surface area contributed by atoms with Crippen LogP contribution in [0.1, 0.15) is 51.7 Å². The molecule has 1 aromatic rings. The fourth-order valence-corrected chi connectivity index (χ4v) is 3.51. The number of nitrogens with one attached hydrogen (secondary N) is 1. The Morgan fingerprint density at radius 3 is 2.32 bits per heavy atom. The predicted octanol–water partition coefficient (Wildman–Crippen LogP) is 4.48. The molecule has 1 N–H and O–H groups in total. The largest absolute Gasteiger partial charge is 0.437 e. The standard InChI is InChI=1S/C26H38F3N3O6/c1-18-8-9-20(16-31-11-13-32(14-12-31)24(35)38-19(2)26(27,28)29)21(15-18)30-10-6-7-22(33)36-17-37-23(34)25(3,4)5/h8-9,15,19,30H,6-7,10-14,16-17H2,1-5H3. The Labute approximate surface area is 221 Å². The second-order valence-corrected chi connectivity index (χ2v) is 10.3. The van der Waals surface area contributed by atoms with Crippen molar-refractivity contribution in [1.82, 2.24) is 9.80 Å². The first-order valence-corrected chi connectivity index (χ1v) is 12.6. The maximum Gasteiger partial charge on any atom is 0.425 e. The van der Waals surface area contributed by atoms with Gasteiger partial charge in [-0.3, -0.25) is 14.5 Å². The fourth-order valence-electron chi connectivity index (χ4n) is 3.51. The van der Waals surface area contributed by atoms with Gasteiger partial charge in [-0.2, -0.15) is 13.2 Å². The number of hydrogen-bond donors (Lipinski definition) is 1. The summed E-state index contributed by atoms with van der Waals surface area (Å²) in [6.45, 7) is 10.1. The Hall–Kier alpha value is -3.02. The molecule has 0 spiro atoms. The van der Waals surface area contributed by atoms with Crippen molar-refractivity contribution in [2.45, 2.75) is 66.3 Å². The Morgan fingerprint density at radius 1 is 1.05 bits per heavy atom. The number of piperazine rings is 1. The van der Waals surface area contributed by atoms with Gasteiger partial charge in [0.15, 0.2) is 6.10 Å². The highest BCUT2D eigenvalue weighted by molar-refractivity contribution is 5.75. The molecule has 1 aliphatic heterocycles. The molecule has 0 radical (unpaired) electrons. The molecule has 38 heavy (non-hydrogen) atoms. The highest BCUT2D eigenvalue weighted by Gasteiger charge is 2.40. The lowest BCUT2D eigenvalue weighted by atomic mass is 9.98. The molecule has 0 aromatic heterocycles. The molecule has 1 fully saturated rings. The summed E-state index contributed by atoms with van der Waals surface area (Å²) in [6, 6.07) is 6.00. The van der Waals surface area contributed by atoms with Gasteiger partial charge in [-0.15, -0.1) is 0 Å². The number of hydrogen-bond acceptors (Lipinski definition) is 8. The summed E-state index contributed by atoms with van der Waals surface area (Å²) < 4.78 is 52.4. The van der Waals surface area contributed by atoms with Gasteiger partial charge in [0, 0.05) is 51.4 Å². The normalized spacial score (nSPS) is 15.5. The molecule has 214 valence electrons. The number of esters is 2. The Kier molecular flexibility index (Phi) is 11.2. The molecule has 12 heteroatoms. The average molecular weight is 546 g/mol. The van der Waals surface area contributed by atoms with E-state index in [-0.39, 0.29) is 19.5 Å². The lowest BCUT2D eigenvalue weighted by Crippen LogP contribution is -2.49. The smallest absolute Gasteiger partial charge is 0.425 e. The molecule has 1 saturated heterocycles. The van der Waals surface area contributed by atoms with Gasteiger partial charge in [0.2, 0.25) is 6.79 Å². The summed E-state index contributed by atoms with van der Waals surface area (Å²) in [7, 11) is 0. The number of amides is 1. The zero-order valence-electron chi connectivity index (χ0n) is 22.7. The van der Waals surface area contributed by atoms with Crippen molar-refractivity contribution >= 4 is 23.7 Å². The first-order chi connectivity index (χ1) is 17.7. The quantitative estimate of drug-likeness (QED) is 0.261. The SMILES string of the molecule is Cc1ccc(CN2CCN(C(=O)OC(C)C(F)(F)F)CC2)c(NCCCC(=O)OCOC(=O)C(C)(C)C)c1. The molecule has 1 atom stereocenters. The molecule has 0 saturated carbocycles. The molecule has 9 nitrogen and oxygen atoms in total. The topological polar surface area (TPSA) is 97.4 Å². The van der Waals surface area contributed by atoms with Gasteiger partial charge < -0.3 is 24.4 Å². The van der Waals surface area contributed by atoms with Crippen LogP contribution in [0.25, 0.3) is 0 Å². The van der Waals surface area contributed by atoms with Gasteiger partial charge in [-0.05, 0) is 58.2 Å². The first-order valence-electron chi connectivity index (χ1n) is 12.6. The maximum atomic E-state index is 12.7. The molecular weight excluding hydrogens is 507 g/mol. The zero-order chi connectivity index (χ0) is 28.5. The van der Waals surface area contributed by atoms with Crippen LogP contribution >= 0.6 is 0 Å². The summed E-state index contributed by atoms with van der Waals surface area (Å²) in [4.78, 5) is 39.1. The minimum absolute atomic E-state index is 0.159. The highest BCUT2D eigenvalue weighted by atomic mass is 19.4. The van der Waals surface area contributed by atoms with Gasteiger partial charge in [-0.25, -0.2) is 4.79 Å². The molecule has 1 unspecified atom stereocenters. The van der Waals surface area contributed by atoms with Crippen molar-refractivity contribution in [2.75, 3.05) is 44.8 Å². The third kappa shape index (κ3) is 10.4. The van der Waals surface area contributed by atoms with Crippen LogP contribution in [0.5, 0.6) is 0 Å². The van der Waals surface area contributed by atoms with Crippen LogP contribution in [0.4, 0.5) is 23.7 Å². The number of anilines is 1. The summed E-state index contributed by atoms with van der Waals surface area (Å²) in [6.07, 6.45) is -7.03. The van der Waals surface area contributed by atoms with Crippen molar-refractivity contribution in [2.24, 2.45) is 5.41 Å². The second kappa shape index (κ2) is 13.7. The average Bonchev–Trinajstić information content (AvgIpc) is 2.82. The summed E-state index contributed by atoms with van der Waals surface area (Å²) in [5.74, 6) is -0.907. The van der Waals surface area contributed by atoms with Crippen LogP contribution in [-0.4, -0.2) is 79.6 Å². The molecule has 1 aromatic carbocycles. The van der Waals surface area contributed by atoms with E-state index < -0.39 is 42.5 Å². The predicted molar refractivity (Wildman–Crippen MR) is 134 cm³/mol. The van der Waals surface area contributed by atoms with E-state index in [2.05, 4.69) is 15.0 Å². The fraction of sp³-hybridized carbons (Fsp3) is 0.654. The van der Waals surface area contributed by atoms with Crippen LogP contribution in [0.2, 0.25) is 0 Å². The van der Waals surface area contributed by atoms with E-state index >= 15 is 0 Å². The van der Waals surface area contributed by atoms with Crippen molar-refractivity contribution in [3.8, 4) is 0 Å². The van der Waals surface area contributed by atoms with Crippen molar-refractivity contribution < 1.29 is 41.8 Å². The van der Waals surface area contributed by atoms with Crippen molar-refractivity contribution in [3.05, 3.63) is 29.3 Å². The molecule has 2 rings (SSSR count). The Bertz CT molecular complexity index is 957. The number of nitrogens with zero attached hydrogens (tertiary/aromatic N) is 2. The number of rotatable bonds is 10. The number of aryl methyl sites for hydroxylation is 1. The monoisotopic (exact) mass is 545 g/mol. The number of alkyl halides is 3. The van der Waals surface area contributed by atoms with E-state index in [1.165, 1.54) is 4.90 Å². The third-order valence-electron chi connectivity index (χ3n) is 5.92. The molecule has 1 heterocycles. The number of benzene rings is 1. The minimum atomic E-state index is -4.59. The van der Waals surface area contributed by atoms with Crippen LogP contribution in [0.15, 0.2) is 18.2 Å². The zero-order valence-corrected chi connectivity index (χ0v) is 22.7. The van der Waals surface area contributed by atoms with Crippen LogP contribution in [0, 0.1) is 12.3 Å². The third-order valence-corrected chi connectivity index (χ3v) is 5.92. The number of ether oxygens (including phenoxy) is 3. The lowest BCUT2D eigenvalue weighted by molar-refractivity contribution is -0.200. The van der Waals surface area contributed by atoms with Crippen LogP contribution < -0.4 is 5.32 Å². The van der Waals surface area contributed by atoms with Gasteiger partial charge in [-0.1, -0.05) is 12.1 Å². The van der Waals surface area contributed by atoms with Crippen molar-refractivity contribution in [1.29, 1.82) is 0 Å². The number of carbonyl (C=O) groups is 3. The maximum absolute atomic E-state index is 12.7. The second-order valence-electron chi connectivity index (χ2n) is 10.3. The van der Waals surface area contributed by atoms with Gasteiger partial charge in [0.05, 0.1) is 5.41 Å². The molecule has 1 aliphatic rings. The van der Waals surface area contributed by atoms with E-state index in [0.29, 0.717) is 32.6 Å². The van der Waals surface area contributed by atoms with Gasteiger partial charge in [0.1, 0.15) is 0 Å². The highest BCUT2D eigenvalue weighted by Crippen LogP contribution is 2.24. The van der Waals surface area contributed by atoms with Crippen LogP contribution in [0.3, 0.4) is 0 Å². The van der Waals surface area contributed by atoms with Crippen molar-refractivity contribution in [3.63, 3.8) is 0 Å². The minimum Gasteiger partial charge on any atom is -0.437 e. The van der Waals surface area contributed by atoms with Gasteiger partial charge >= 0.3 is 24.2 Å². The van der Waals surface area contributed by atoms with E-state index in [0.717, 1.165) is 23.7 Å². The Balaban J connectivity index is 1.77. The Morgan fingerprint density at radius 2 is 1.71 bits per heavy atom. The molecule has 0 bridgehead atoms. The summed E-state index contributed by atoms with van der Waals surface area (Å²) >= 11 is 0. The van der Waals surface area contributed by atoms with E-state index in [1.807, 2.05) is 25.1 Å². The number of halogens is 3. The van der Waals surface area contributed by atoms with E-state index in [1.54, 1.807) is 20.8 Å². The molecule has 1 amide bonds. The van der Waals surface area contributed by atoms with Gasteiger partial charge in [0.25, 0.3) is 0 Å². The van der Waals surface area contributed by atoms with E-state index in [9.17, 15) is 27.6 Å². The molecule has 0 aliphatic carbocycles. The van der Waals surface area contributed by atoms with Crippen LogP contribution in [-0.2, 0) is 30.3 Å². The molecular formula is C26H38F3N3O6. The lowest BCUT2D eigenvalue weighted by Gasteiger charge is -2.35.